The van der Waals surface area contributed by atoms with Crippen molar-refractivity contribution in [1.82, 2.24) is 20.0 Å². The fraction of sp³-hybridized carbons (Fsp3) is 0.727. The summed E-state index contributed by atoms with van der Waals surface area (Å²) in [6.45, 7) is 15.8. The average molecular weight is 548 g/mol. The molecule has 1 atom stereocenters. The number of nitrogens with one attached hydrogen (secondary N) is 1. The van der Waals surface area contributed by atoms with Crippen LogP contribution in [0.5, 0.6) is 0 Å². The lowest BCUT2D eigenvalue weighted by atomic mass is 9.92. The Morgan fingerprint density at radius 3 is 2.40 bits per heavy atom. The quantitative estimate of drug-likeness (QED) is 0.338. The maximum atomic E-state index is 12.7. The molecule has 1 N–H and O–H groups in total. The van der Waals surface area contributed by atoms with Crippen molar-refractivity contribution in [2.24, 2.45) is 4.99 Å². The van der Waals surface area contributed by atoms with E-state index in [1.54, 1.807) is 11.3 Å². The van der Waals surface area contributed by atoms with Crippen molar-refractivity contribution >= 4 is 47.2 Å². The molecule has 2 aliphatic rings. The van der Waals surface area contributed by atoms with Gasteiger partial charge in [-0.15, -0.1) is 35.3 Å². The van der Waals surface area contributed by atoms with Crippen LogP contribution in [0.3, 0.4) is 0 Å². The van der Waals surface area contributed by atoms with Gasteiger partial charge in [0.05, 0.1) is 12.6 Å². The van der Waals surface area contributed by atoms with E-state index in [1.807, 2.05) is 4.90 Å². The molecule has 1 unspecified atom stereocenters. The van der Waals surface area contributed by atoms with Crippen molar-refractivity contribution < 1.29 is 4.79 Å². The lowest BCUT2D eigenvalue weighted by Crippen LogP contribution is -2.57. The minimum absolute atomic E-state index is 0. The smallest absolute Gasteiger partial charge is 0.239 e. The molecule has 1 amide bonds. The summed E-state index contributed by atoms with van der Waals surface area (Å²) in [5.74, 6) is 1.30. The second-order valence-electron chi connectivity index (χ2n) is 8.76. The minimum Gasteiger partial charge on any atom is -0.357 e. The molecule has 1 aromatic heterocycles. The van der Waals surface area contributed by atoms with Crippen molar-refractivity contribution in [3.63, 3.8) is 0 Å². The van der Waals surface area contributed by atoms with Gasteiger partial charge in [0, 0.05) is 56.1 Å². The van der Waals surface area contributed by atoms with E-state index >= 15 is 0 Å². The zero-order valence-electron chi connectivity index (χ0n) is 18.9. The Kier molecular flexibility index (Phi) is 9.87. The predicted molar refractivity (Wildman–Crippen MR) is 137 cm³/mol. The third-order valence-corrected chi connectivity index (χ3v) is 7.32. The van der Waals surface area contributed by atoms with Crippen LogP contribution in [-0.2, 0) is 10.2 Å². The van der Waals surface area contributed by atoms with E-state index in [0.29, 0.717) is 5.91 Å². The molecule has 0 spiro atoms. The Hall–Kier alpha value is -0.870. The van der Waals surface area contributed by atoms with Gasteiger partial charge in [0.1, 0.15) is 0 Å². The number of carbonyl (C=O) groups excluding carboxylic acids is 1. The SMILES string of the molecule is CCNC(=NCC(C)(C)c1cccs1)N1CCN(C(C)C(=O)N2CCCC2)CC1.I. The third kappa shape index (κ3) is 6.32. The molecule has 6 nitrogen and oxygen atoms in total. The summed E-state index contributed by atoms with van der Waals surface area (Å²) in [5, 5.41) is 5.60. The van der Waals surface area contributed by atoms with Crippen LogP contribution in [0, 0.1) is 0 Å². The monoisotopic (exact) mass is 547 g/mol. The molecule has 170 valence electrons. The number of rotatable bonds is 6. The lowest BCUT2D eigenvalue weighted by Gasteiger charge is -2.39. The molecule has 2 fully saturated rings. The normalized spacial score (nSPS) is 19.5. The Morgan fingerprint density at radius 2 is 1.83 bits per heavy atom. The topological polar surface area (TPSA) is 51.2 Å². The van der Waals surface area contributed by atoms with Gasteiger partial charge in [0.15, 0.2) is 5.96 Å². The van der Waals surface area contributed by atoms with Gasteiger partial charge in [-0.1, -0.05) is 19.9 Å². The first-order valence-electron chi connectivity index (χ1n) is 11.0. The maximum absolute atomic E-state index is 12.7. The Bertz CT molecular complexity index is 680. The number of halogens is 1. The van der Waals surface area contributed by atoms with Crippen LogP contribution < -0.4 is 5.32 Å². The van der Waals surface area contributed by atoms with E-state index in [4.69, 9.17) is 4.99 Å². The molecular weight excluding hydrogens is 509 g/mol. The van der Waals surface area contributed by atoms with E-state index in [1.165, 1.54) is 4.88 Å². The third-order valence-electron chi connectivity index (χ3n) is 6.08. The molecular formula is C22H38IN5OS. The summed E-state index contributed by atoms with van der Waals surface area (Å²) >= 11 is 1.80. The van der Waals surface area contributed by atoms with Gasteiger partial charge in [-0.25, -0.2) is 0 Å². The second-order valence-corrected chi connectivity index (χ2v) is 9.71. The van der Waals surface area contributed by atoms with Gasteiger partial charge in [-0.2, -0.15) is 0 Å². The minimum atomic E-state index is -0.0208. The molecule has 8 heteroatoms. The van der Waals surface area contributed by atoms with E-state index in [-0.39, 0.29) is 35.4 Å². The Morgan fingerprint density at radius 1 is 1.17 bits per heavy atom. The van der Waals surface area contributed by atoms with Gasteiger partial charge < -0.3 is 15.1 Å². The fourth-order valence-electron chi connectivity index (χ4n) is 4.12. The summed E-state index contributed by atoms with van der Waals surface area (Å²) in [5.41, 5.74) is 0.0350. The largest absolute Gasteiger partial charge is 0.357 e. The van der Waals surface area contributed by atoms with Crippen LogP contribution in [0.1, 0.15) is 45.4 Å². The molecule has 1 aromatic rings. The van der Waals surface area contributed by atoms with Crippen molar-refractivity contribution in [1.29, 1.82) is 0 Å². The molecule has 0 radical (unpaired) electrons. The van der Waals surface area contributed by atoms with Gasteiger partial charge in [0.25, 0.3) is 0 Å². The molecule has 30 heavy (non-hydrogen) atoms. The highest BCUT2D eigenvalue weighted by Gasteiger charge is 2.31. The zero-order chi connectivity index (χ0) is 20.9. The van der Waals surface area contributed by atoms with E-state index in [9.17, 15) is 4.79 Å². The summed E-state index contributed by atoms with van der Waals surface area (Å²) in [7, 11) is 0. The molecule has 2 saturated heterocycles. The molecule has 0 aliphatic carbocycles. The number of likely N-dealkylation sites (tertiary alicyclic amines) is 1. The molecule has 0 saturated carbocycles. The summed E-state index contributed by atoms with van der Waals surface area (Å²) in [4.78, 5) is 25.8. The van der Waals surface area contributed by atoms with Crippen molar-refractivity contribution in [2.75, 3.05) is 52.4 Å². The van der Waals surface area contributed by atoms with Crippen LogP contribution in [0.4, 0.5) is 0 Å². The van der Waals surface area contributed by atoms with Crippen molar-refractivity contribution in [3.05, 3.63) is 22.4 Å². The average Bonchev–Trinajstić information content (AvgIpc) is 3.44. The molecule has 3 rings (SSSR count). The van der Waals surface area contributed by atoms with Gasteiger partial charge >= 0.3 is 0 Å². The van der Waals surface area contributed by atoms with Crippen LogP contribution in [0.25, 0.3) is 0 Å². The van der Waals surface area contributed by atoms with Crippen LogP contribution in [0.2, 0.25) is 0 Å². The number of hydrogen-bond donors (Lipinski definition) is 1. The van der Waals surface area contributed by atoms with E-state index in [0.717, 1.165) is 71.2 Å². The highest BCUT2D eigenvalue weighted by molar-refractivity contribution is 14.0. The highest BCUT2D eigenvalue weighted by Crippen LogP contribution is 2.27. The second kappa shape index (κ2) is 11.7. The van der Waals surface area contributed by atoms with Crippen LogP contribution in [-0.4, -0.2) is 85.0 Å². The maximum Gasteiger partial charge on any atom is 0.239 e. The Balaban J connectivity index is 0.00000320. The van der Waals surface area contributed by atoms with Crippen molar-refractivity contribution in [2.45, 2.75) is 52.0 Å². The van der Waals surface area contributed by atoms with Crippen molar-refractivity contribution in [3.8, 4) is 0 Å². The number of carbonyl (C=O) groups is 1. The molecule has 0 aromatic carbocycles. The highest BCUT2D eigenvalue weighted by atomic mass is 127. The first kappa shape index (κ1) is 25.4. The van der Waals surface area contributed by atoms with E-state index in [2.05, 4.69) is 60.3 Å². The summed E-state index contributed by atoms with van der Waals surface area (Å²) in [6.07, 6.45) is 2.30. The lowest BCUT2D eigenvalue weighted by molar-refractivity contribution is -0.135. The number of hydrogen-bond acceptors (Lipinski definition) is 4. The van der Waals surface area contributed by atoms with Gasteiger partial charge in [-0.05, 0) is 38.1 Å². The van der Waals surface area contributed by atoms with E-state index < -0.39 is 0 Å². The van der Waals surface area contributed by atoms with Crippen LogP contribution >= 0.6 is 35.3 Å². The van der Waals surface area contributed by atoms with Crippen LogP contribution in [0.15, 0.2) is 22.5 Å². The number of guanidine groups is 1. The standard InChI is InChI=1S/C22H37N5OS.HI/c1-5-23-21(24-17-22(3,4)19-9-8-16-29-19)27-14-12-25(13-15-27)18(2)20(28)26-10-6-7-11-26;/h8-9,16,18H,5-7,10-15,17H2,1-4H3,(H,23,24);1H. The first-order valence-corrected chi connectivity index (χ1v) is 11.9. The number of amides is 1. The number of piperazine rings is 1. The predicted octanol–water partition coefficient (Wildman–Crippen LogP) is 3.24. The molecule has 0 bridgehead atoms. The first-order chi connectivity index (χ1) is 13.9. The number of thiophene rings is 1. The van der Waals surface area contributed by atoms with Gasteiger partial charge in [0.2, 0.25) is 5.91 Å². The molecule has 3 heterocycles. The zero-order valence-corrected chi connectivity index (χ0v) is 22.0. The van der Waals surface area contributed by atoms with Gasteiger partial charge in [-0.3, -0.25) is 14.7 Å². The Labute approximate surface area is 203 Å². The number of nitrogens with zero attached hydrogens (tertiary/aromatic N) is 4. The summed E-state index contributed by atoms with van der Waals surface area (Å²) in [6, 6.07) is 4.29. The fourth-order valence-corrected chi connectivity index (χ4v) is 4.96. The number of aliphatic imine (C=N–C) groups is 1. The summed E-state index contributed by atoms with van der Waals surface area (Å²) < 4.78 is 0. The molecule has 2 aliphatic heterocycles.